The fourth-order valence-corrected chi connectivity index (χ4v) is 2.23. The van der Waals surface area contributed by atoms with Crippen molar-refractivity contribution in [2.24, 2.45) is 0 Å². The molecule has 0 aliphatic carbocycles. The van der Waals surface area contributed by atoms with Gasteiger partial charge in [0.25, 0.3) is 0 Å². The number of hydrogen-bond acceptors (Lipinski definition) is 3. The number of allylic oxidation sites excluding steroid dienone is 1. The first-order valence-corrected chi connectivity index (χ1v) is 7.23. The van der Waals surface area contributed by atoms with E-state index in [2.05, 4.69) is 15.9 Å². The highest BCUT2D eigenvalue weighted by atomic mass is 79.9. The SMILES string of the molecule is COc1cc(Cl)cc(/C=C/C(=O)c2ccc(Br)cc2)c1O. The molecule has 0 atom stereocenters. The van der Waals surface area contributed by atoms with E-state index in [1.807, 2.05) is 0 Å². The summed E-state index contributed by atoms with van der Waals surface area (Å²) in [5.41, 5.74) is 0.979. The van der Waals surface area contributed by atoms with Gasteiger partial charge in [-0.1, -0.05) is 27.5 Å². The lowest BCUT2D eigenvalue weighted by Crippen LogP contribution is -1.93. The van der Waals surface area contributed by atoms with Crippen LogP contribution in [-0.2, 0) is 0 Å². The van der Waals surface area contributed by atoms with Crippen LogP contribution in [-0.4, -0.2) is 18.0 Å². The van der Waals surface area contributed by atoms with Gasteiger partial charge in [0.2, 0.25) is 0 Å². The van der Waals surface area contributed by atoms with Crippen molar-refractivity contribution in [2.45, 2.75) is 0 Å². The normalized spacial score (nSPS) is 10.8. The molecule has 5 heteroatoms. The summed E-state index contributed by atoms with van der Waals surface area (Å²) < 4.78 is 5.92. The van der Waals surface area contributed by atoms with Gasteiger partial charge < -0.3 is 9.84 Å². The second-order valence-electron chi connectivity index (χ2n) is 4.25. The summed E-state index contributed by atoms with van der Waals surface area (Å²) in [5, 5.41) is 10.4. The van der Waals surface area contributed by atoms with E-state index in [9.17, 15) is 9.90 Å². The van der Waals surface area contributed by atoms with Crippen LogP contribution in [0.25, 0.3) is 6.08 Å². The van der Waals surface area contributed by atoms with Crippen molar-refractivity contribution in [3.63, 3.8) is 0 Å². The number of ether oxygens (including phenoxy) is 1. The first-order valence-electron chi connectivity index (χ1n) is 6.05. The average molecular weight is 368 g/mol. The van der Waals surface area contributed by atoms with E-state index in [0.717, 1.165) is 4.47 Å². The highest BCUT2D eigenvalue weighted by Crippen LogP contribution is 2.34. The summed E-state index contributed by atoms with van der Waals surface area (Å²) in [5.74, 6) is 0.0424. The predicted molar refractivity (Wildman–Crippen MR) is 87.2 cm³/mol. The Morgan fingerprint density at radius 3 is 2.57 bits per heavy atom. The topological polar surface area (TPSA) is 46.5 Å². The molecule has 0 heterocycles. The molecule has 0 spiro atoms. The third-order valence-electron chi connectivity index (χ3n) is 2.83. The Hall–Kier alpha value is -1.78. The molecule has 0 unspecified atom stereocenters. The number of phenolic OH excluding ortho intramolecular Hbond substituents is 1. The molecule has 0 fully saturated rings. The fraction of sp³-hybridized carbons (Fsp3) is 0.0625. The van der Waals surface area contributed by atoms with Crippen LogP contribution in [0.1, 0.15) is 15.9 Å². The van der Waals surface area contributed by atoms with Gasteiger partial charge in [-0.2, -0.15) is 0 Å². The largest absolute Gasteiger partial charge is 0.504 e. The van der Waals surface area contributed by atoms with Crippen molar-refractivity contribution in [2.75, 3.05) is 7.11 Å². The minimum absolute atomic E-state index is 0.0539. The number of hydrogen-bond donors (Lipinski definition) is 1. The molecule has 108 valence electrons. The van der Waals surface area contributed by atoms with Crippen molar-refractivity contribution in [1.29, 1.82) is 0 Å². The molecule has 0 radical (unpaired) electrons. The second-order valence-corrected chi connectivity index (χ2v) is 5.60. The zero-order valence-electron chi connectivity index (χ0n) is 11.1. The van der Waals surface area contributed by atoms with Crippen LogP contribution in [0.15, 0.2) is 46.9 Å². The van der Waals surface area contributed by atoms with E-state index in [-0.39, 0.29) is 17.3 Å². The Morgan fingerprint density at radius 1 is 1.29 bits per heavy atom. The van der Waals surface area contributed by atoms with E-state index in [1.54, 1.807) is 30.3 Å². The molecule has 0 amide bonds. The minimum atomic E-state index is -0.166. The van der Waals surface area contributed by atoms with Crippen LogP contribution in [0.2, 0.25) is 5.02 Å². The van der Waals surface area contributed by atoms with Crippen molar-refractivity contribution in [1.82, 2.24) is 0 Å². The zero-order valence-corrected chi connectivity index (χ0v) is 13.5. The van der Waals surface area contributed by atoms with Crippen LogP contribution < -0.4 is 4.74 Å². The molecule has 1 N–H and O–H groups in total. The number of aromatic hydroxyl groups is 1. The number of methoxy groups -OCH3 is 1. The van der Waals surface area contributed by atoms with Crippen molar-refractivity contribution >= 4 is 39.4 Å². The highest BCUT2D eigenvalue weighted by molar-refractivity contribution is 9.10. The molecule has 3 nitrogen and oxygen atoms in total. The Kier molecular flexibility index (Phi) is 5.04. The van der Waals surface area contributed by atoms with Crippen LogP contribution in [0.3, 0.4) is 0 Å². The Bertz CT molecular complexity index is 693. The number of halogens is 2. The summed E-state index contributed by atoms with van der Waals surface area (Å²) in [6.07, 6.45) is 2.89. The maximum atomic E-state index is 12.0. The summed E-state index contributed by atoms with van der Waals surface area (Å²) in [6.45, 7) is 0. The van der Waals surface area contributed by atoms with Gasteiger partial charge in [-0.05, 0) is 42.5 Å². The van der Waals surface area contributed by atoms with Gasteiger partial charge in [-0.3, -0.25) is 4.79 Å². The number of ketones is 1. The lowest BCUT2D eigenvalue weighted by atomic mass is 10.1. The zero-order chi connectivity index (χ0) is 15.4. The molecule has 0 aliphatic heterocycles. The highest BCUT2D eigenvalue weighted by Gasteiger charge is 2.08. The lowest BCUT2D eigenvalue weighted by Gasteiger charge is -2.06. The Labute approximate surface area is 135 Å². The van der Waals surface area contributed by atoms with E-state index >= 15 is 0 Å². The minimum Gasteiger partial charge on any atom is -0.504 e. The van der Waals surface area contributed by atoms with E-state index in [1.165, 1.54) is 25.3 Å². The third kappa shape index (κ3) is 3.86. The molecule has 2 rings (SSSR count). The van der Waals surface area contributed by atoms with Crippen LogP contribution in [0, 0.1) is 0 Å². The average Bonchev–Trinajstić information content (AvgIpc) is 2.48. The predicted octanol–water partition coefficient (Wildman–Crippen LogP) is 4.71. The molecule has 0 bridgehead atoms. The maximum absolute atomic E-state index is 12.0. The van der Waals surface area contributed by atoms with Crippen molar-refractivity contribution in [3.05, 3.63) is 63.1 Å². The lowest BCUT2D eigenvalue weighted by molar-refractivity contribution is 0.104. The maximum Gasteiger partial charge on any atom is 0.185 e. The van der Waals surface area contributed by atoms with Crippen LogP contribution in [0.4, 0.5) is 0 Å². The molecular weight excluding hydrogens is 356 g/mol. The van der Waals surface area contributed by atoms with Gasteiger partial charge in [0, 0.05) is 26.7 Å². The molecule has 0 aromatic heterocycles. The number of carbonyl (C=O) groups excluding carboxylic acids is 1. The molecule has 0 saturated carbocycles. The number of carbonyl (C=O) groups is 1. The smallest absolute Gasteiger partial charge is 0.185 e. The monoisotopic (exact) mass is 366 g/mol. The number of phenols is 1. The molecule has 21 heavy (non-hydrogen) atoms. The fourth-order valence-electron chi connectivity index (χ4n) is 1.75. The summed E-state index contributed by atoms with van der Waals surface area (Å²) >= 11 is 9.25. The van der Waals surface area contributed by atoms with Gasteiger partial charge in [-0.15, -0.1) is 0 Å². The van der Waals surface area contributed by atoms with Crippen LogP contribution in [0.5, 0.6) is 11.5 Å². The quantitative estimate of drug-likeness (QED) is 0.628. The molecule has 2 aromatic rings. The molecular formula is C16H12BrClO3. The van der Waals surface area contributed by atoms with Gasteiger partial charge in [0.05, 0.1) is 7.11 Å². The Balaban J connectivity index is 2.27. The van der Waals surface area contributed by atoms with Gasteiger partial charge >= 0.3 is 0 Å². The molecule has 0 saturated heterocycles. The second kappa shape index (κ2) is 6.78. The first kappa shape index (κ1) is 15.6. The Morgan fingerprint density at radius 2 is 1.95 bits per heavy atom. The van der Waals surface area contributed by atoms with Crippen molar-refractivity contribution in [3.8, 4) is 11.5 Å². The molecule has 2 aromatic carbocycles. The van der Waals surface area contributed by atoms with Gasteiger partial charge in [0.1, 0.15) is 0 Å². The third-order valence-corrected chi connectivity index (χ3v) is 3.58. The first-order chi connectivity index (χ1) is 10.0. The molecule has 0 aliphatic rings. The van der Waals surface area contributed by atoms with Crippen LogP contribution >= 0.6 is 27.5 Å². The van der Waals surface area contributed by atoms with E-state index in [4.69, 9.17) is 16.3 Å². The number of benzene rings is 2. The summed E-state index contributed by atoms with van der Waals surface area (Å²) in [7, 11) is 1.44. The standard InChI is InChI=1S/C16H12BrClO3/c1-21-15-9-13(18)8-11(16(15)20)4-7-14(19)10-2-5-12(17)6-3-10/h2-9,20H,1H3/b7-4+. The van der Waals surface area contributed by atoms with Crippen molar-refractivity contribution < 1.29 is 14.6 Å². The number of rotatable bonds is 4. The van der Waals surface area contributed by atoms with Gasteiger partial charge in [-0.25, -0.2) is 0 Å². The summed E-state index contributed by atoms with van der Waals surface area (Å²) in [4.78, 5) is 12.0. The van der Waals surface area contributed by atoms with Gasteiger partial charge in [0.15, 0.2) is 17.3 Å². The van der Waals surface area contributed by atoms with E-state index < -0.39 is 0 Å². The van der Waals surface area contributed by atoms with E-state index in [0.29, 0.717) is 16.1 Å². The summed E-state index contributed by atoms with van der Waals surface area (Å²) in [6, 6.07) is 10.1.